The highest BCUT2D eigenvalue weighted by Gasteiger charge is 2.44. The van der Waals surface area contributed by atoms with Gasteiger partial charge in [0.1, 0.15) is 17.6 Å². The van der Waals surface area contributed by atoms with Gasteiger partial charge in [-0.2, -0.15) is 0 Å². The van der Waals surface area contributed by atoms with Gasteiger partial charge < -0.3 is 19.4 Å². The highest BCUT2D eigenvalue weighted by Crippen LogP contribution is 2.43. The van der Waals surface area contributed by atoms with Crippen LogP contribution in [0, 0.1) is 0 Å². The molecule has 7 heteroatoms. The Hall–Kier alpha value is -3.19. The van der Waals surface area contributed by atoms with E-state index in [1.165, 1.54) is 26.4 Å². The number of hydrogen-bond donors (Lipinski definition) is 1. The minimum absolute atomic E-state index is 0.0707. The largest absolute Gasteiger partial charge is 0.465 e. The molecule has 1 aliphatic heterocycles. The van der Waals surface area contributed by atoms with Crippen LogP contribution in [-0.2, 0) is 4.74 Å². The van der Waals surface area contributed by atoms with Crippen LogP contribution in [0.2, 0.25) is 0 Å². The van der Waals surface area contributed by atoms with Crippen molar-refractivity contribution in [1.29, 1.82) is 0 Å². The average Bonchev–Trinajstić information content (AvgIpc) is 3.49. The molecule has 0 amide bonds. The predicted molar refractivity (Wildman–Crippen MR) is 130 cm³/mol. The van der Waals surface area contributed by atoms with Crippen LogP contribution in [0.3, 0.4) is 0 Å². The second-order valence-corrected chi connectivity index (χ2v) is 8.98. The molecule has 33 heavy (non-hydrogen) atoms. The third-order valence-corrected chi connectivity index (χ3v) is 6.94. The van der Waals surface area contributed by atoms with Gasteiger partial charge in [0.25, 0.3) is 0 Å². The average molecular weight is 462 g/mol. The van der Waals surface area contributed by atoms with Crippen molar-refractivity contribution >= 4 is 23.3 Å². The maximum atomic E-state index is 11.8. The van der Waals surface area contributed by atoms with Gasteiger partial charge in [-0.05, 0) is 61.5 Å². The summed E-state index contributed by atoms with van der Waals surface area (Å²) >= 11 is 5.83. The van der Waals surface area contributed by atoms with Gasteiger partial charge in [-0.3, -0.25) is 4.98 Å². The maximum absolute atomic E-state index is 11.8. The molecule has 2 aliphatic rings. The standard InChI is InChI=1S/C26H27N3O3S/c1-31-25(30)18-12-10-17(11-13-18)21-14-15-22(32-21)24-23(20-9-5-6-16-27-20)28-26(33)29(24)19-7-3-2-4-8-19/h5-6,9-16,19,23-24H,2-4,7-8H2,1H3,(H,28,33)/t23-,24-/m0/s1. The minimum atomic E-state index is -0.353. The van der Waals surface area contributed by atoms with Crippen LogP contribution < -0.4 is 5.32 Å². The molecule has 0 bridgehead atoms. The number of esters is 1. The van der Waals surface area contributed by atoms with E-state index in [9.17, 15) is 4.79 Å². The summed E-state index contributed by atoms with van der Waals surface area (Å²) in [5, 5.41) is 4.29. The van der Waals surface area contributed by atoms with E-state index in [0.717, 1.165) is 40.7 Å². The second-order valence-electron chi connectivity index (χ2n) is 8.60. The van der Waals surface area contributed by atoms with Crippen molar-refractivity contribution in [2.45, 2.75) is 50.2 Å². The molecule has 0 radical (unpaired) electrons. The quantitative estimate of drug-likeness (QED) is 0.401. The van der Waals surface area contributed by atoms with Crippen molar-refractivity contribution in [2.24, 2.45) is 0 Å². The van der Waals surface area contributed by atoms with E-state index in [2.05, 4.69) is 15.2 Å². The lowest BCUT2D eigenvalue weighted by Crippen LogP contribution is -2.40. The summed E-state index contributed by atoms with van der Waals surface area (Å²) in [4.78, 5) is 18.7. The molecule has 2 atom stereocenters. The fourth-order valence-electron chi connectivity index (χ4n) is 4.98. The van der Waals surface area contributed by atoms with E-state index >= 15 is 0 Å². The van der Waals surface area contributed by atoms with Crippen LogP contribution in [0.5, 0.6) is 0 Å². The highest BCUT2D eigenvalue weighted by molar-refractivity contribution is 7.80. The van der Waals surface area contributed by atoms with Crippen LogP contribution in [0.15, 0.2) is 65.2 Å². The van der Waals surface area contributed by atoms with E-state index in [4.69, 9.17) is 21.4 Å². The van der Waals surface area contributed by atoms with Crippen molar-refractivity contribution < 1.29 is 13.9 Å². The summed E-state index contributed by atoms with van der Waals surface area (Å²) < 4.78 is 11.2. The summed E-state index contributed by atoms with van der Waals surface area (Å²) in [7, 11) is 1.38. The molecule has 1 aromatic carbocycles. The molecular weight excluding hydrogens is 434 g/mol. The van der Waals surface area contributed by atoms with Crippen molar-refractivity contribution in [1.82, 2.24) is 15.2 Å². The zero-order valence-electron chi connectivity index (χ0n) is 18.6. The van der Waals surface area contributed by atoms with E-state index in [1.807, 2.05) is 48.7 Å². The second kappa shape index (κ2) is 9.35. The fourth-order valence-corrected chi connectivity index (χ4v) is 5.37. The lowest BCUT2D eigenvalue weighted by Gasteiger charge is -2.36. The SMILES string of the molecule is COC(=O)c1ccc(-c2ccc([C@H]3[C@H](c4ccccn4)NC(=S)N3C3CCCCC3)o2)cc1. The van der Waals surface area contributed by atoms with Gasteiger partial charge in [-0.1, -0.05) is 37.5 Å². The Morgan fingerprint density at radius 2 is 1.88 bits per heavy atom. The number of ether oxygens (including phenoxy) is 1. The number of pyridine rings is 1. The van der Waals surface area contributed by atoms with Gasteiger partial charge in [-0.25, -0.2) is 4.79 Å². The van der Waals surface area contributed by atoms with Crippen LogP contribution >= 0.6 is 12.2 Å². The zero-order valence-corrected chi connectivity index (χ0v) is 19.4. The van der Waals surface area contributed by atoms with Gasteiger partial charge in [0.15, 0.2) is 5.11 Å². The normalized spacial score (nSPS) is 21.1. The molecule has 3 heterocycles. The van der Waals surface area contributed by atoms with Crippen molar-refractivity contribution in [2.75, 3.05) is 7.11 Å². The predicted octanol–water partition coefficient (Wildman–Crippen LogP) is 5.43. The number of nitrogens with zero attached hydrogens (tertiary/aromatic N) is 2. The van der Waals surface area contributed by atoms with Crippen LogP contribution in [-0.4, -0.2) is 34.1 Å². The molecule has 3 aromatic rings. The zero-order chi connectivity index (χ0) is 22.8. The number of hydrogen-bond acceptors (Lipinski definition) is 5. The third-order valence-electron chi connectivity index (χ3n) is 6.61. The van der Waals surface area contributed by atoms with Gasteiger partial charge in [0.05, 0.1) is 24.4 Å². The van der Waals surface area contributed by atoms with E-state index in [-0.39, 0.29) is 18.1 Å². The number of thiocarbonyl (C=S) groups is 1. The number of benzene rings is 1. The van der Waals surface area contributed by atoms with Gasteiger partial charge in [0.2, 0.25) is 0 Å². The highest BCUT2D eigenvalue weighted by atomic mass is 32.1. The van der Waals surface area contributed by atoms with Gasteiger partial charge in [-0.15, -0.1) is 0 Å². The summed E-state index contributed by atoms with van der Waals surface area (Å²) in [6, 6.07) is 17.5. The van der Waals surface area contributed by atoms with Crippen molar-refractivity contribution in [3.8, 4) is 11.3 Å². The molecule has 5 rings (SSSR count). The Balaban J connectivity index is 1.49. The van der Waals surface area contributed by atoms with Crippen LogP contribution in [0.25, 0.3) is 11.3 Å². The number of rotatable bonds is 5. The summed E-state index contributed by atoms with van der Waals surface area (Å²) in [6.45, 7) is 0. The molecule has 6 nitrogen and oxygen atoms in total. The number of methoxy groups -OCH3 is 1. The fraction of sp³-hybridized carbons (Fsp3) is 0.346. The number of carbonyl (C=O) groups excluding carboxylic acids is 1. The number of furan rings is 1. The number of carbonyl (C=O) groups is 1. The molecule has 1 aliphatic carbocycles. The van der Waals surface area contributed by atoms with Gasteiger partial charge in [0, 0.05) is 17.8 Å². The maximum Gasteiger partial charge on any atom is 0.337 e. The van der Waals surface area contributed by atoms with Crippen LogP contribution in [0.1, 0.15) is 66.0 Å². The van der Waals surface area contributed by atoms with E-state index in [0.29, 0.717) is 11.6 Å². The molecule has 1 N–H and O–H groups in total. The van der Waals surface area contributed by atoms with Crippen molar-refractivity contribution in [3.05, 3.63) is 77.8 Å². The van der Waals surface area contributed by atoms with Crippen molar-refractivity contribution in [3.63, 3.8) is 0 Å². The Bertz CT molecular complexity index is 1120. The molecule has 170 valence electrons. The summed E-state index contributed by atoms with van der Waals surface area (Å²) in [5.74, 6) is 1.26. The summed E-state index contributed by atoms with van der Waals surface area (Å²) in [5.41, 5.74) is 2.36. The lowest BCUT2D eigenvalue weighted by molar-refractivity contribution is 0.0600. The molecule has 0 unspecified atom stereocenters. The van der Waals surface area contributed by atoms with E-state index in [1.54, 1.807) is 12.1 Å². The van der Waals surface area contributed by atoms with E-state index < -0.39 is 0 Å². The first kappa shape index (κ1) is 21.6. The third kappa shape index (κ3) is 4.25. The molecular formula is C26H27N3O3S. The summed E-state index contributed by atoms with van der Waals surface area (Å²) in [6.07, 6.45) is 7.81. The number of aromatic nitrogens is 1. The Morgan fingerprint density at radius 3 is 2.58 bits per heavy atom. The molecule has 0 spiro atoms. The Morgan fingerprint density at radius 1 is 1.09 bits per heavy atom. The molecule has 2 aromatic heterocycles. The minimum Gasteiger partial charge on any atom is -0.465 e. The van der Waals surface area contributed by atoms with Crippen LogP contribution in [0.4, 0.5) is 0 Å². The molecule has 1 saturated carbocycles. The monoisotopic (exact) mass is 461 g/mol. The Kier molecular flexibility index (Phi) is 6.13. The first-order valence-corrected chi connectivity index (χ1v) is 11.8. The smallest absolute Gasteiger partial charge is 0.337 e. The molecule has 2 fully saturated rings. The first-order valence-electron chi connectivity index (χ1n) is 11.4. The topological polar surface area (TPSA) is 67.6 Å². The first-order chi connectivity index (χ1) is 16.2. The molecule has 1 saturated heterocycles. The Labute approximate surface area is 199 Å². The van der Waals surface area contributed by atoms with Gasteiger partial charge >= 0.3 is 5.97 Å². The number of nitrogens with one attached hydrogen (secondary N) is 1. The lowest BCUT2D eigenvalue weighted by atomic mass is 9.92.